The van der Waals surface area contributed by atoms with Gasteiger partial charge in [-0.25, -0.2) is 0 Å². The third-order valence-electron chi connectivity index (χ3n) is 6.04. The summed E-state index contributed by atoms with van der Waals surface area (Å²) in [5.74, 6) is 1.67. The predicted molar refractivity (Wildman–Crippen MR) is 132 cm³/mol. The van der Waals surface area contributed by atoms with Crippen molar-refractivity contribution in [3.05, 3.63) is 18.2 Å². The van der Waals surface area contributed by atoms with Crippen molar-refractivity contribution in [2.75, 3.05) is 16.0 Å². The summed E-state index contributed by atoms with van der Waals surface area (Å²) >= 11 is 0. The van der Waals surface area contributed by atoms with E-state index < -0.39 is 0 Å². The van der Waals surface area contributed by atoms with Gasteiger partial charge in [-0.05, 0) is 67.6 Å². The quantitative estimate of drug-likeness (QED) is 0.434. The Morgan fingerprint density at radius 1 is 0.719 bits per heavy atom. The van der Waals surface area contributed by atoms with Gasteiger partial charge in [0.05, 0.1) is 0 Å². The zero-order valence-electron chi connectivity index (χ0n) is 20.6. The van der Waals surface area contributed by atoms with Gasteiger partial charge in [-0.3, -0.25) is 14.4 Å². The Kier molecular flexibility index (Phi) is 9.73. The lowest BCUT2D eigenvalue weighted by Crippen LogP contribution is -2.28. The molecule has 6 nitrogen and oxygen atoms in total. The van der Waals surface area contributed by atoms with Gasteiger partial charge in [0, 0.05) is 35.8 Å². The largest absolute Gasteiger partial charge is 0.326 e. The Morgan fingerprint density at radius 3 is 1.50 bits per heavy atom. The van der Waals surface area contributed by atoms with Crippen LogP contribution in [0.4, 0.5) is 17.1 Å². The van der Waals surface area contributed by atoms with Crippen LogP contribution in [-0.4, -0.2) is 17.7 Å². The van der Waals surface area contributed by atoms with Crippen molar-refractivity contribution in [2.45, 2.75) is 80.1 Å². The first kappa shape index (κ1) is 25.9. The summed E-state index contributed by atoms with van der Waals surface area (Å²) < 4.78 is 0. The molecule has 6 heteroatoms. The SMILES string of the molecule is CC(C)CC(=O)Nc1cc(NC(=O)CC(C)C)cc(NC(=O)[C@H]2CC[C@@H](C(C)C)CC2)c1. The van der Waals surface area contributed by atoms with Crippen molar-refractivity contribution in [1.82, 2.24) is 0 Å². The number of carbonyl (C=O) groups is 3. The highest BCUT2D eigenvalue weighted by molar-refractivity contribution is 5.98. The smallest absolute Gasteiger partial charge is 0.227 e. The van der Waals surface area contributed by atoms with E-state index in [-0.39, 0.29) is 35.5 Å². The molecule has 1 saturated carbocycles. The van der Waals surface area contributed by atoms with Crippen LogP contribution < -0.4 is 16.0 Å². The third kappa shape index (κ3) is 8.64. The van der Waals surface area contributed by atoms with Crippen molar-refractivity contribution in [1.29, 1.82) is 0 Å². The summed E-state index contributed by atoms with van der Waals surface area (Å²) in [4.78, 5) is 37.5. The van der Waals surface area contributed by atoms with Crippen LogP contribution in [0.3, 0.4) is 0 Å². The fraction of sp³-hybridized carbons (Fsp3) is 0.654. The van der Waals surface area contributed by atoms with E-state index in [0.29, 0.717) is 41.7 Å². The molecule has 178 valence electrons. The lowest BCUT2D eigenvalue weighted by Gasteiger charge is -2.30. The second kappa shape index (κ2) is 12.0. The Hall–Kier alpha value is -2.37. The Balaban J connectivity index is 2.13. The standard InChI is InChI=1S/C26H41N3O3/c1-16(2)11-24(30)27-21-13-22(28-25(31)12-17(3)4)15-23(14-21)29-26(32)20-9-7-19(8-10-20)18(5)6/h13-20H,7-12H2,1-6H3,(H,27,30)(H,28,31)(H,29,32)/t19-,20+. The maximum Gasteiger partial charge on any atom is 0.227 e. The molecule has 0 radical (unpaired) electrons. The van der Waals surface area contributed by atoms with Crippen molar-refractivity contribution in [3.8, 4) is 0 Å². The van der Waals surface area contributed by atoms with Crippen LogP contribution in [0.15, 0.2) is 18.2 Å². The molecule has 0 aromatic heterocycles. The van der Waals surface area contributed by atoms with Gasteiger partial charge in [-0.2, -0.15) is 0 Å². The van der Waals surface area contributed by atoms with Crippen LogP contribution in [0, 0.1) is 29.6 Å². The molecule has 0 saturated heterocycles. The Morgan fingerprint density at radius 2 is 1.12 bits per heavy atom. The van der Waals surface area contributed by atoms with Crippen LogP contribution in [0.25, 0.3) is 0 Å². The second-order valence-electron chi connectivity index (χ2n) is 10.4. The van der Waals surface area contributed by atoms with Crippen molar-refractivity contribution >= 4 is 34.8 Å². The van der Waals surface area contributed by atoms with Crippen molar-refractivity contribution in [2.24, 2.45) is 29.6 Å². The van der Waals surface area contributed by atoms with E-state index in [1.54, 1.807) is 18.2 Å². The van der Waals surface area contributed by atoms with E-state index in [1.807, 2.05) is 27.7 Å². The molecule has 0 unspecified atom stereocenters. The van der Waals surface area contributed by atoms with Crippen LogP contribution in [0.2, 0.25) is 0 Å². The molecule has 0 bridgehead atoms. The molecule has 3 N–H and O–H groups in total. The van der Waals surface area contributed by atoms with Gasteiger partial charge < -0.3 is 16.0 Å². The number of benzene rings is 1. The molecule has 1 aliphatic carbocycles. The van der Waals surface area contributed by atoms with Gasteiger partial charge in [0.2, 0.25) is 17.7 Å². The number of amides is 3. The minimum absolute atomic E-state index is 0.00294. The van der Waals surface area contributed by atoms with E-state index in [2.05, 4.69) is 29.8 Å². The predicted octanol–water partition coefficient (Wildman–Crippen LogP) is 6.06. The second-order valence-corrected chi connectivity index (χ2v) is 10.4. The third-order valence-corrected chi connectivity index (χ3v) is 6.04. The van der Waals surface area contributed by atoms with Crippen LogP contribution in [0.1, 0.15) is 80.1 Å². The van der Waals surface area contributed by atoms with Gasteiger partial charge in [0.15, 0.2) is 0 Å². The van der Waals surface area contributed by atoms with E-state index in [4.69, 9.17) is 0 Å². The summed E-state index contributed by atoms with van der Waals surface area (Å²) in [5.41, 5.74) is 1.72. The van der Waals surface area contributed by atoms with Crippen LogP contribution >= 0.6 is 0 Å². The normalized spacial score (nSPS) is 18.7. The molecule has 0 spiro atoms. The van der Waals surface area contributed by atoms with E-state index in [1.165, 1.54) is 0 Å². The number of rotatable bonds is 9. The maximum absolute atomic E-state index is 12.9. The lowest BCUT2D eigenvalue weighted by atomic mass is 9.76. The van der Waals surface area contributed by atoms with Crippen molar-refractivity contribution < 1.29 is 14.4 Å². The maximum atomic E-state index is 12.9. The van der Waals surface area contributed by atoms with Gasteiger partial charge in [0.1, 0.15) is 0 Å². The number of hydrogen-bond acceptors (Lipinski definition) is 3. The molecule has 0 aliphatic heterocycles. The highest BCUT2D eigenvalue weighted by Crippen LogP contribution is 2.34. The summed E-state index contributed by atoms with van der Waals surface area (Å²) in [6, 6.07) is 5.25. The molecule has 1 fully saturated rings. The van der Waals surface area contributed by atoms with Gasteiger partial charge in [-0.1, -0.05) is 41.5 Å². The zero-order valence-corrected chi connectivity index (χ0v) is 20.6. The minimum Gasteiger partial charge on any atom is -0.326 e. The van der Waals surface area contributed by atoms with Gasteiger partial charge >= 0.3 is 0 Å². The molecular formula is C26H41N3O3. The Labute approximate surface area is 193 Å². The molecule has 1 aromatic carbocycles. The van der Waals surface area contributed by atoms with E-state index in [9.17, 15) is 14.4 Å². The highest BCUT2D eigenvalue weighted by atomic mass is 16.2. The lowest BCUT2D eigenvalue weighted by molar-refractivity contribution is -0.121. The molecule has 0 heterocycles. The van der Waals surface area contributed by atoms with Gasteiger partial charge in [-0.15, -0.1) is 0 Å². The molecule has 1 aliphatic rings. The average molecular weight is 444 g/mol. The summed E-state index contributed by atoms with van der Waals surface area (Å²) in [7, 11) is 0. The number of hydrogen-bond donors (Lipinski definition) is 3. The van der Waals surface area contributed by atoms with Crippen LogP contribution in [-0.2, 0) is 14.4 Å². The molecule has 32 heavy (non-hydrogen) atoms. The number of nitrogens with one attached hydrogen (secondary N) is 3. The minimum atomic E-state index is -0.0880. The zero-order chi connectivity index (χ0) is 23.8. The first-order valence-electron chi connectivity index (χ1n) is 12.1. The molecule has 1 aromatic rings. The first-order chi connectivity index (χ1) is 15.0. The van der Waals surface area contributed by atoms with Crippen molar-refractivity contribution in [3.63, 3.8) is 0 Å². The van der Waals surface area contributed by atoms with E-state index in [0.717, 1.165) is 25.7 Å². The summed E-state index contributed by atoms with van der Waals surface area (Å²) in [6.45, 7) is 12.5. The van der Waals surface area contributed by atoms with Crippen LogP contribution in [0.5, 0.6) is 0 Å². The monoisotopic (exact) mass is 443 g/mol. The topological polar surface area (TPSA) is 87.3 Å². The molecular weight excluding hydrogens is 402 g/mol. The summed E-state index contributed by atoms with van der Waals surface area (Å²) in [6.07, 6.45) is 4.78. The summed E-state index contributed by atoms with van der Waals surface area (Å²) in [5, 5.41) is 8.82. The molecule has 2 rings (SSSR count). The van der Waals surface area contributed by atoms with E-state index >= 15 is 0 Å². The molecule has 3 amide bonds. The van der Waals surface area contributed by atoms with Gasteiger partial charge in [0.25, 0.3) is 0 Å². The fourth-order valence-electron chi connectivity index (χ4n) is 4.30. The average Bonchev–Trinajstić information content (AvgIpc) is 2.66. The molecule has 0 atom stereocenters. The fourth-order valence-corrected chi connectivity index (χ4v) is 4.30. The number of carbonyl (C=O) groups excluding carboxylic acids is 3. The number of anilines is 3. The first-order valence-corrected chi connectivity index (χ1v) is 12.1. The Bertz CT molecular complexity index is 751. The highest BCUT2D eigenvalue weighted by Gasteiger charge is 2.27.